The van der Waals surface area contributed by atoms with E-state index in [0.717, 1.165) is 19.3 Å². The molecule has 1 saturated heterocycles. The van der Waals surface area contributed by atoms with Crippen LogP contribution in [0.1, 0.15) is 30.9 Å². The van der Waals surface area contributed by atoms with Gasteiger partial charge < -0.3 is 9.84 Å². The molecule has 1 aliphatic heterocycles. The predicted octanol–water partition coefficient (Wildman–Crippen LogP) is 3.60. The Kier molecular flexibility index (Phi) is 4.09. The van der Waals surface area contributed by atoms with Gasteiger partial charge in [-0.05, 0) is 25.3 Å². The molecule has 0 bridgehead atoms. The molecule has 2 rings (SSSR count). The molecule has 1 heterocycles. The SMILES string of the molecule is OC(c1cccc(Cl)c1Cl)C1CCCCO1. The summed E-state index contributed by atoms with van der Waals surface area (Å²) in [5, 5.41) is 11.1. The van der Waals surface area contributed by atoms with Gasteiger partial charge in [-0.2, -0.15) is 0 Å². The van der Waals surface area contributed by atoms with Gasteiger partial charge in [0.25, 0.3) is 0 Å². The first-order valence-electron chi connectivity index (χ1n) is 5.43. The zero-order valence-electron chi connectivity index (χ0n) is 8.83. The highest BCUT2D eigenvalue weighted by atomic mass is 35.5. The van der Waals surface area contributed by atoms with Crippen LogP contribution in [0.25, 0.3) is 0 Å². The largest absolute Gasteiger partial charge is 0.386 e. The third kappa shape index (κ3) is 2.51. The van der Waals surface area contributed by atoms with Crippen molar-refractivity contribution in [3.8, 4) is 0 Å². The smallest absolute Gasteiger partial charge is 0.107 e. The van der Waals surface area contributed by atoms with Gasteiger partial charge in [0.15, 0.2) is 0 Å². The van der Waals surface area contributed by atoms with E-state index >= 15 is 0 Å². The van der Waals surface area contributed by atoms with E-state index in [1.165, 1.54) is 0 Å². The first-order valence-corrected chi connectivity index (χ1v) is 6.19. The molecule has 1 aromatic rings. The second kappa shape index (κ2) is 5.37. The standard InChI is InChI=1S/C12H14Cl2O2/c13-9-5-3-4-8(11(9)14)12(15)10-6-1-2-7-16-10/h3-5,10,12,15H,1-2,6-7H2. The molecule has 4 heteroatoms. The molecule has 16 heavy (non-hydrogen) atoms. The molecule has 2 unspecified atom stereocenters. The van der Waals surface area contributed by atoms with Crippen LogP contribution in [0.4, 0.5) is 0 Å². The van der Waals surface area contributed by atoms with Crippen molar-refractivity contribution in [2.24, 2.45) is 0 Å². The van der Waals surface area contributed by atoms with E-state index < -0.39 is 6.10 Å². The Morgan fingerprint density at radius 2 is 2.12 bits per heavy atom. The lowest BCUT2D eigenvalue weighted by Gasteiger charge is -2.27. The number of hydrogen-bond acceptors (Lipinski definition) is 2. The molecule has 88 valence electrons. The Morgan fingerprint density at radius 3 is 2.81 bits per heavy atom. The van der Waals surface area contributed by atoms with Crippen LogP contribution in [0.2, 0.25) is 10.0 Å². The van der Waals surface area contributed by atoms with E-state index in [9.17, 15) is 5.11 Å². The van der Waals surface area contributed by atoms with Crippen LogP contribution in [-0.4, -0.2) is 17.8 Å². The summed E-state index contributed by atoms with van der Waals surface area (Å²) in [5.74, 6) is 0. The van der Waals surface area contributed by atoms with Crippen molar-refractivity contribution in [3.63, 3.8) is 0 Å². The van der Waals surface area contributed by atoms with E-state index in [-0.39, 0.29) is 6.10 Å². The minimum atomic E-state index is -0.688. The first kappa shape index (κ1) is 12.2. The summed E-state index contributed by atoms with van der Waals surface area (Å²) < 4.78 is 5.54. The minimum absolute atomic E-state index is 0.162. The van der Waals surface area contributed by atoms with E-state index in [0.29, 0.717) is 22.2 Å². The van der Waals surface area contributed by atoms with Gasteiger partial charge in [0.2, 0.25) is 0 Å². The molecule has 0 amide bonds. The molecular formula is C12H14Cl2O2. The molecule has 2 nitrogen and oxygen atoms in total. The Bertz CT molecular complexity index is 362. The summed E-state index contributed by atoms with van der Waals surface area (Å²) in [6.07, 6.45) is 2.16. The molecular weight excluding hydrogens is 247 g/mol. The van der Waals surface area contributed by atoms with E-state index in [1.54, 1.807) is 18.2 Å². The third-order valence-electron chi connectivity index (χ3n) is 2.87. The number of benzene rings is 1. The fraction of sp³-hybridized carbons (Fsp3) is 0.500. The summed E-state index contributed by atoms with van der Waals surface area (Å²) in [5.41, 5.74) is 0.654. The monoisotopic (exact) mass is 260 g/mol. The summed E-state index contributed by atoms with van der Waals surface area (Å²) in [6, 6.07) is 5.29. The summed E-state index contributed by atoms with van der Waals surface area (Å²) in [6.45, 7) is 0.708. The van der Waals surface area contributed by atoms with Gasteiger partial charge in [-0.1, -0.05) is 35.3 Å². The van der Waals surface area contributed by atoms with E-state index in [2.05, 4.69) is 0 Å². The first-order chi connectivity index (χ1) is 7.70. The van der Waals surface area contributed by atoms with Crippen molar-refractivity contribution >= 4 is 23.2 Å². The van der Waals surface area contributed by atoms with Crippen LogP contribution in [0, 0.1) is 0 Å². The Labute approximate surface area is 105 Å². The topological polar surface area (TPSA) is 29.5 Å². The van der Waals surface area contributed by atoms with Crippen LogP contribution < -0.4 is 0 Å². The van der Waals surface area contributed by atoms with Gasteiger partial charge in [0, 0.05) is 12.2 Å². The molecule has 1 N–H and O–H groups in total. The lowest BCUT2D eigenvalue weighted by molar-refractivity contribution is -0.0633. The molecule has 0 aliphatic carbocycles. The van der Waals surface area contributed by atoms with Crippen molar-refractivity contribution in [1.29, 1.82) is 0 Å². The second-order valence-corrected chi connectivity index (χ2v) is 4.78. The Balaban J connectivity index is 2.19. The van der Waals surface area contributed by atoms with Gasteiger partial charge in [0.1, 0.15) is 6.10 Å². The third-order valence-corrected chi connectivity index (χ3v) is 3.70. The van der Waals surface area contributed by atoms with Crippen molar-refractivity contribution in [1.82, 2.24) is 0 Å². The molecule has 1 aromatic carbocycles. The van der Waals surface area contributed by atoms with E-state index in [1.807, 2.05) is 0 Å². The van der Waals surface area contributed by atoms with Crippen LogP contribution >= 0.6 is 23.2 Å². The maximum atomic E-state index is 10.2. The number of aliphatic hydroxyl groups is 1. The molecule has 0 radical (unpaired) electrons. The van der Waals surface area contributed by atoms with Crippen LogP contribution in [0.3, 0.4) is 0 Å². The van der Waals surface area contributed by atoms with Gasteiger partial charge >= 0.3 is 0 Å². The number of ether oxygens (including phenoxy) is 1. The number of halogens is 2. The maximum Gasteiger partial charge on any atom is 0.107 e. The summed E-state index contributed by atoms with van der Waals surface area (Å²) in [7, 11) is 0. The highest BCUT2D eigenvalue weighted by Gasteiger charge is 2.26. The van der Waals surface area contributed by atoms with Crippen molar-refractivity contribution in [3.05, 3.63) is 33.8 Å². The normalized spacial score (nSPS) is 23.1. The number of aliphatic hydroxyl groups excluding tert-OH is 1. The van der Waals surface area contributed by atoms with Crippen molar-refractivity contribution < 1.29 is 9.84 Å². The highest BCUT2D eigenvalue weighted by Crippen LogP contribution is 2.34. The zero-order valence-corrected chi connectivity index (χ0v) is 10.3. The molecule has 2 atom stereocenters. The lowest BCUT2D eigenvalue weighted by Crippen LogP contribution is -2.26. The average molecular weight is 261 g/mol. The predicted molar refractivity (Wildman–Crippen MR) is 65.0 cm³/mol. The fourth-order valence-corrected chi connectivity index (χ4v) is 2.38. The Morgan fingerprint density at radius 1 is 1.31 bits per heavy atom. The zero-order chi connectivity index (χ0) is 11.5. The summed E-state index contributed by atoms with van der Waals surface area (Å²) >= 11 is 12.0. The average Bonchev–Trinajstić information content (AvgIpc) is 2.33. The fourth-order valence-electron chi connectivity index (χ4n) is 1.96. The highest BCUT2D eigenvalue weighted by molar-refractivity contribution is 6.42. The molecule has 0 saturated carbocycles. The van der Waals surface area contributed by atoms with Gasteiger partial charge in [0.05, 0.1) is 16.1 Å². The quantitative estimate of drug-likeness (QED) is 0.881. The van der Waals surface area contributed by atoms with E-state index in [4.69, 9.17) is 27.9 Å². The van der Waals surface area contributed by atoms with Crippen LogP contribution in [0.15, 0.2) is 18.2 Å². The summed E-state index contributed by atoms with van der Waals surface area (Å²) in [4.78, 5) is 0. The van der Waals surface area contributed by atoms with Gasteiger partial charge in [-0.25, -0.2) is 0 Å². The molecule has 0 aromatic heterocycles. The van der Waals surface area contributed by atoms with Crippen molar-refractivity contribution in [2.75, 3.05) is 6.61 Å². The molecule has 0 spiro atoms. The van der Waals surface area contributed by atoms with Crippen LogP contribution in [0.5, 0.6) is 0 Å². The van der Waals surface area contributed by atoms with Gasteiger partial charge in [-0.3, -0.25) is 0 Å². The number of hydrogen-bond donors (Lipinski definition) is 1. The van der Waals surface area contributed by atoms with Crippen LogP contribution in [-0.2, 0) is 4.74 Å². The second-order valence-electron chi connectivity index (χ2n) is 3.99. The Hall–Kier alpha value is -0.280. The minimum Gasteiger partial charge on any atom is -0.386 e. The lowest BCUT2D eigenvalue weighted by atomic mass is 9.98. The maximum absolute atomic E-state index is 10.2. The van der Waals surface area contributed by atoms with Crippen molar-refractivity contribution in [2.45, 2.75) is 31.5 Å². The van der Waals surface area contributed by atoms with Gasteiger partial charge in [-0.15, -0.1) is 0 Å². The molecule has 1 fully saturated rings. The molecule has 1 aliphatic rings. The number of rotatable bonds is 2.